The van der Waals surface area contributed by atoms with Gasteiger partial charge in [-0.25, -0.2) is 4.99 Å². The molecule has 2 N–H and O–H groups in total. The van der Waals surface area contributed by atoms with Gasteiger partial charge >= 0.3 is 0 Å². The van der Waals surface area contributed by atoms with Gasteiger partial charge in [-0.05, 0) is 50.1 Å². The average Bonchev–Trinajstić information content (AvgIpc) is 3.21. The van der Waals surface area contributed by atoms with Crippen molar-refractivity contribution in [2.45, 2.75) is 46.4 Å². The van der Waals surface area contributed by atoms with Crippen LogP contribution < -0.4 is 10.6 Å². The molecule has 0 radical (unpaired) electrons. The first kappa shape index (κ1) is 20.8. The first-order chi connectivity index (χ1) is 14.1. The first-order valence-corrected chi connectivity index (χ1v) is 10.1. The van der Waals surface area contributed by atoms with Crippen LogP contribution in [0.1, 0.15) is 57.1 Å². The van der Waals surface area contributed by atoms with Crippen LogP contribution in [0.3, 0.4) is 0 Å². The van der Waals surface area contributed by atoms with E-state index in [1.54, 1.807) is 0 Å². The highest BCUT2D eigenvalue weighted by Gasteiger charge is 2.14. The summed E-state index contributed by atoms with van der Waals surface area (Å²) in [6, 6.07) is 14.9. The molecule has 2 unspecified atom stereocenters. The van der Waals surface area contributed by atoms with Crippen LogP contribution in [-0.2, 0) is 11.3 Å². The zero-order valence-electron chi connectivity index (χ0n) is 17.5. The summed E-state index contributed by atoms with van der Waals surface area (Å²) < 4.78 is 10.8. The van der Waals surface area contributed by atoms with Crippen LogP contribution in [0.25, 0.3) is 10.8 Å². The van der Waals surface area contributed by atoms with Crippen molar-refractivity contribution < 1.29 is 9.26 Å². The second-order valence-electron chi connectivity index (χ2n) is 6.81. The van der Waals surface area contributed by atoms with Gasteiger partial charge in [0.25, 0.3) is 0 Å². The Balaban J connectivity index is 1.68. The lowest BCUT2D eigenvalue weighted by Gasteiger charge is -2.18. The summed E-state index contributed by atoms with van der Waals surface area (Å²) in [5.74, 6) is 1.70. The van der Waals surface area contributed by atoms with E-state index in [2.05, 4.69) is 75.2 Å². The van der Waals surface area contributed by atoms with Crippen molar-refractivity contribution in [3.8, 4) is 0 Å². The fourth-order valence-electron chi connectivity index (χ4n) is 3.05. The monoisotopic (exact) mass is 395 g/mol. The summed E-state index contributed by atoms with van der Waals surface area (Å²) in [5, 5.41) is 13.1. The maximum absolute atomic E-state index is 5.49. The molecule has 0 spiro atoms. The van der Waals surface area contributed by atoms with Gasteiger partial charge in [0.05, 0.1) is 6.04 Å². The fourth-order valence-corrected chi connectivity index (χ4v) is 3.05. The van der Waals surface area contributed by atoms with Crippen LogP contribution in [0.15, 0.2) is 52.0 Å². The summed E-state index contributed by atoms with van der Waals surface area (Å²) in [5.41, 5.74) is 1.19. The van der Waals surface area contributed by atoms with Crippen molar-refractivity contribution >= 4 is 16.7 Å². The second kappa shape index (κ2) is 10.0. The number of rotatable bonds is 8. The van der Waals surface area contributed by atoms with Crippen molar-refractivity contribution in [3.05, 3.63) is 59.7 Å². The Morgan fingerprint density at radius 2 is 1.93 bits per heavy atom. The molecule has 0 saturated carbocycles. The second-order valence-corrected chi connectivity index (χ2v) is 6.81. The molecule has 1 heterocycles. The maximum Gasteiger partial charge on any atom is 0.248 e. The van der Waals surface area contributed by atoms with E-state index in [9.17, 15) is 0 Å². The van der Waals surface area contributed by atoms with E-state index in [1.807, 2.05) is 20.8 Å². The number of hydrogen-bond acceptors (Lipinski definition) is 5. The van der Waals surface area contributed by atoms with E-state index in [0.717, 1.165) is 6.54 Å². The van der Waals surface area contributed by atoms with E-state index in [-0.39, 0.29) is 12.1 Å². The van der Waals surface area contributed by atoms with Crippen molar-refractivity contribution in [3.63, 3.8) is 0 Å². The molecule has 0 bridgehead atoms. The Labute approximate surface area is 171 Å². The third kappa shape index (κ3) is 5.54. The van der Waals surface area contributed by atoms with Crippen LogP contribution in [0.4, 0.5) is 0 Å². The molecule has 0 aliphatic carbocycles. The maximum atomic E-state index is 5.49. The SMILES string of the molecule is CCNC(=NCc1nc(C(C)OCC)no1)NC(C)c1ccc2ccccc2c1. The van der Waals surface area contributed by atoms with Gasteiger partial charge in [0.15, 0.2) is 11.8 Å². The molecule has 1 aromatic heterocycles. The third-order valence-corrected chi connectivity index (χ3v) is 4.61. The lowest BCUT2D eigenvalue weighted by atomic mass is 10.0. The normalized spacial score (nSPS) is 14.0. The molecule has 2 atom stereocenters. The molecule has 0 aliphatic heterocycles. The number of aliphatic imine (C=N–C) groups is 1. The minimum atomic E-state index is -0.194. The lowest BCUT2D eigenvalue weighted by molar-refractivity contribution is 0.0683. The topological polar surface area (TPSA) is 84.6 Å². The summed E-state index contributed by atoms with van der Waals surface area (Å²) in [6.07, 6.45) is -0.194. The quantitative estimate of drug-likeness (QED) is 0.441. The third-order valence-electron chi connectivity index (χ3n) is 4.61. The van der Waals surface area contributed by atoms with Crippen molar-refractivity contribution in [1.29, 1.82) is 0 Å². The molecule has 154 valence electrons. The Hall–Kier alpha value is -2.93. The predicted octanol–water partition coefficient (Wildman–Crippen LogP) is 4.14. The minimum Gasteiger partial charge on any atom is -0.371 e. The zero-order valence-corrected chi connectivity index (χ0v) is 17.5. The van der Waals surface area contributed by atoms with Gasteiger partial charge in [0.1, 0.15) is 12.6 Å². The Bertz CT molecular complexity index is 953. The predicted molar refractivity (Wildman–Crippen MR) is 115 cm³/mol. The number of benzene rings is 2. The van der Waals surface area contributed by atoms with Gasteiger partial charge in [0.2, 0.25) is 5.89 Å². The molecule has 7 heteroatoms. The van der Waals surface area contributed by atoms with E-state index >= 15 is 0 Å². The Morgan fingerprint density at radius 3 is 2.69 bits per heavy atom. The number of nitrogens with one attached hydrogen (secondary N) is 2. The molecule has 0 saturated heterocycles. The summed E-state index contributed by atoms with van der Waals surface area (Å²) in [6.45, 7) is 9.64. The molecule has 3 aromatic rings. The minimum absolute atomic E-state index is 0.0913. The Kier molecular flexibility index (Phi) is 7.19. The molecule has 0 aliphatic rings. The van der Waals surface area contributed by atoms with Gasteiger partial charge < -0.3 is 19.9 Å². The molecule has 0 fully saturated rings. The molecule has 7 nitrogen and oxygen atoms in total. The molecular formula is C22H29N5O2. The summed E-state index contributed by atoms with van der Waals surface area (Å²) in [4.78, 5) is 8.95. The number of aromatic nitrogens is 2. The lowest BCUT2D eigenvalue weighted by Crippen LogP contribution is -2.38. The molecule has 0 amide bonds. The number of hydrogen-bond donors (Lipinski definition) is 2. The van der Waals surface area contributed by atoms with Crippen LogP contribution in [0.5, 0.6) is 0 Å². The number of guanidine groups is 1. The van der Waals surface area contributed by atoms with Gasteiger partial charge in [-0.1, -0.05) is 41.6 Å². The van der Waals surface area contributed by atoms with Gasteiger partial charge in [-0.15, -0.1) is 0 Å². The number of nitrogens with zero attached hydrogens (tertiary/aromatic N) is 3. The van der Waals surface area contributed by atoms with Crippen molar-refractivity contribution in [2.24, 2.45) is 4.99 Å². The highest BCUT2D eigenvalue weighted by Crippen LogP contribution is 2.20. The standard InChI is InChI=1S/C22H29N5O2/c1-5-23-22(24-14-20-26-21(27-29-20)16(4)28-6-2)25-15(3)18-12-11-17-9-7-8-10-19(17)13-18/h7-13,15-16H,5-6,14H2,1-4H3,(H2,23,24,25). The van der Waals surface area contributed by atoms with Gasteiger partial charge in [-0.2, -0.15) is 4.98 Å². The van der Waals surface area contributed by atoms with Crippen LogP contribution in [0.2, 0.25) is 0 Å². The average molecular weight is 396 g/mol. The summed E-state index contributed by atoms with van der Waals surface area (Å²) >= 11 is 0. The first-order valence-electron chi connectivity index (χ1n) is 10.1. The fraction of sp³-hybridized carbons (Fsp3) is 0.409. The van der Waals surface area contributed by atoms with E-state index in [0.29, 0.717) is 30.8 Å². The largest absolute Gasteiger partial charge is 0.371 e. The van der Waals surface area contributed by atoms with E-state index in [1.165, 1.54) is 16.3 Å². The van der Waals surface area contributed by atoms with Crippen molar-refractivity contribution in [2.75, 3.05) is 13.2 Å². The number of fused-ring (bicyclic) bond motifs is 1. The molecule has 29 heavy (non-hydrogen) atoms. The summed E-state index contributed by atoms with van der Waals surface area (Å²) in [7, 11) is 0. The van der Waals surface area contributed by atoms with Crippen LogP contribution >= 0.6 is 0 Å². The smallest absolute Gasteiger partial charge is 0.248 e. The Morgan fingerprint density at radius 1 is 1.14 bits per heavy atom. The van der Waals surface area contributed by atoms with Crippen molar-refractivity contribution in [1.82, 2.24) is 20.8 Å². The van der Waals surface area contributed by atoms with Crippen LogP contribution in [0, 0.1) is 0 Å². The molecular weight excluding hydrogens is 366 g/mol. The van der Waals surface area contributed by atoms with Gasteiger partial charge in [0, 0.05) is 13.2 Å². The van der Waals surface area contributed by atoms with E-state index < -0.39 is 0 Å². The van der Waals surface area contributed by atoms with Gasteiger partial charge in [-0.3, -0.25) is 0 Å². The number of ether oxygens (including phenoxy) is 1. The molecule has 2 aromatic carbocycles. The highest BCUT2D eigenvalue weighted by molar-refractivity contribution is 5.84. The highest BCUT2D eigenvalue weighted by atomic mass is 16.5. The van der Waals surface area contributed by atoms with Crippen LogP contribution in [-0.4, -0.2) is 29.3 Å². The molecule has 3 rings (SSSR count). The zero-order chi connectivity index (χ0) is 20.6. The van der Waals surface area contributed by atoms with E-state index in [4.69, 9.17) is 9.26 Å².